The lowest BCUT2D eigenvalue weighted by Crippen LogP contribution is -2.18. The van der Waals surface area contributed by atoms with Crippen LogP contribution in [0.5, 0.6) is 0 Å². The molecule has 1 rings (SSSR count). The summed E-state index contributed by atoms with van der Waals surface area (Å²) in [5.74, 6) is -0.273. The van der Waals surface area contributed by atoms with E-state index in [1.165, 1.54) is 17.1 Å². The molecule has 0 aromatic carbocycles. The maximum absolute atomic E-state index is 10.2. The van der Waals surface area contributed by atoms with E-state index in [0.29, 0.717) is 0 Å². The smallest absolute Gasteiger partial charge is 0.381 e. The average Bonchev–Trinajstić information content (AvgIpc) is 2.52. The number of hydrogen-bond donors (Lipinski definition) is 2. The van der Waals surface area contributed by atoms with E-state index in [4.69, 9.17) is 10.2 Å². The fraction of sp³-hybridized carbons (Fsp3) is 0.500. The molecule has 72 valence electrons. The van der Waals surface area contributed by atoms with Crippen molar-refractivity contribution in [2.75, 3.05) is 6.61 Å². The van der Waals surface area contributed by atoms with Gasteiger partial charge in [0.05, 0.1) is 19.3 Å². The van der Waals surface area contributed by atoms with Crippen LogP contribution in [-0.4, -0.2) is 37.4 Å². The molecule has 1 atom stereocenters. The summed E-state index contributed by atoms with van der Waals surface area (Å²) in [6, 6.07) is 0. The fourth-order valence-corrected chi connectivity index (χ4v) is 0.844. The van der Waals surface area contributed by atoms with Gasteiger partial charge in [-0.05, 0) is 9.91 Å². The van der Waals surface area contributed by atoms with E-state index in [1.807, 2.05) is 0 Å². The Kier molecular flexibility index (Phi) is 2.93. The Bertz CT molecular complexity index is 298. The molecule has 7 nitrogen and oxygen atoms in total. The second kappa shape index (κ2) is 3.97. The highest BCUT2D eigenvalue weighted by Gasteiger charge is 2.11. The Balaban J connectivity index is 2.64. The minimum absolute atomic E-state index is 0.0946. The number of aromatic nitrogens is 2. The maximum Gasteiger partial charge on any atom is 0.381 e. The van der Waals surface area contributed by atoms with Gasteiger partial charge < -0.3 is 24.9 Å². The van der Waals surface area contributed by atoms with Crippen LogP contribution < -0.4 is 0 Å². The van der Waals surface area contributed by atoms with Crippen molar-refractivity contribution in [1.29, 1.82) is 0 Å². The Morgan fingerprint density at radius 2 is 2.46 bits per heavy atom. The van der Waals surface area contributed by atoms with Crippen LogP contribution in [0, 0.1) is 10.1 Å². The highest BCUT2D eigenvalue weighted by Crippen LogP contribution is 2.05. The van der Waals surface area contributed by atoms with Crippen molar-refractivity contribution in [2.24, 2.45) is 0 Å². The minimum Gasteiger partial charge on any atom is -0.394 e. The highest BCUT2D eigenvalue weighted by atomic mass is 16.6. The van der Waals surface area contributed by atoms with Gasteiger partial charge in [0.15, 0.2) is 0 Å². The monoisotopic (exact) mass is 187 g/mol. The summed E-state index contributed by atoms with van der Waals surface area (Å²) in [6.45, 7) is -0.288. The molecule has 0 saturated carbocycles. The molecule has 1 aromatic rings. The molecule has 0 bridgehead atoms. The third-order valence-corrected chi connectivity index (χ3v) is 1.44. The number of hydrogen-bond acceptors (Lipinski definition) is 5. The fourth-order valence-electron chi connectivity index (χ4n) is 0.844. The lowest BCUT2D eigenvalue weighted by Gasteiger charge is -2.04. The van der Waals surface area contributed by atoms with Crippen molar-refractivity contribution in [1.82, 2.24) is 9.55 Å². The standard InChI is InChI=1S/C6H9N3O4/c10-3-5(11)1-8-2-6(7-4-8)9(12)13/h2,4-5,10-11H,1,3H2/t5-/m1/s1. The summed E-state index contributed by atoms with van der Waals surface area (Å²) in [7, 11) is 0. The van der Waals surface area contributed by atoms with Crippen molar-refractivity contribution < 1.29 is 15.1 Å². The molecule has 1 heterocycles. The van der Waals surface area contributed by atoms with Crippen LogP contribution in [0.3, 0.4) is 0 Å². The van der Waals surface area contributed by atoms with Crippen LogP contribution in [0.15, 0.2) is 12.5 Å². The van der Waals surface area contributed by atoms with E-state index in [1.54, 1.807) is 0 Å². The lowest BCUT2D eigenvalue weighted by atomic mass is 10.4. The molecule has 0 saturated heterocycles. The second-order valence-electron chi connectivity index (χ2n) is 2.52. The van der Waals surface area contributed by atoms with Gasteiger partial charge in [0.25, 0.3) is 0 Å². The van der Waals surface area contributed by atoms with Crippen LogP contribution in [-0.2, 0) is 6.54 Å². The van der Waals surface area contributed by atoms with Gasteiger partial charge in [-0.3, -0.25) is 0 Å². The molecule has 0 aliphatic heterocycles. The molecule has 1 aromatic heterocycles. The molecule has 0 aliphatic rings. The number of nitro groups is 1. The topological polar surface area (TPSA) is 101 Å². The van der Waals surface area contributed by atoms with Crippen molar-refractivity contribution in [3.63, 3.8) is 0 Å². The first-order valence-electron chi connectivity index (χ1n) is 3.58. The lowest BCUT2D eigenvalue weighted by molar-refractivity contribution is -0.389. The Labute approximate surface area is 73.4 Å². The first kappa shape index (κ1) is 9.62. The molecule has 0 radical (unpaired) electrons. The Hall–Kier alpha value is -1.47. The van der Waals surface area contributed by atoms with Crippen LogP contribution in [0.4, 0.5) is 5.82 Å². The Morgan fingerprint density at radius 1 is 1.77 bits per heavy atom. The number of aliphatic hydroxyl groups excluding tert-OH is 2. The van der Waals surface area contributed by atoms with Gasteiger partial charge in [-0.25, -0.2) is 0 Å². The zero-order chi connectivity index (χ0) is 9.84. The van der Waals surface area contributed by atoms with Gasteiger partial charge in [0, 0.05) is 0 Å². The largest absolute Gasteiger partial charge is 0.394 e. The van der Waals surface area contributed by atoms with Crippen molar-refractivity contribution >= 4 is 5.82 Å². The van der Waals surface area contributed by atoms with Gasteiger partial charge in [0.1, 0.15) is 6.20 Å². The zero-order valence-electron chi connectivity index (χ0n) is 6.70. The number of rotatable bonds is 4. The van der Waals surface area contributed by atoms with Crippen molar-refractivity contribution in [3.8, 4) is 0 Å². The van der Waals surface area contributed by atoms with E-state index in [-0.39, 0.29) is 19.0 Å². The summed E-state index contributed by atoms with van der Waals surface area (Å²) in [4.78, 5) is 13.0. The molecular formula is C6H9N3O4. The summed E-state index contributed by atoms with van der Waals surface area (Å²) in [5.41, 5.74) is 0. The van der Waals surface area contributed by atoms with E-state index in [9.17, 15) is 10.1 Å². The van der Waals surface area contributed by atoms with Crippen LogP contribution in [0.25, 0.3) is 0 Å². The van der Waals surface area contributed by atoms with Crippen LogP contribution in [0.1, 0.15) is 0 Å². The van der Waals surface area contributed by atoms with E-state index in [2.05, 4.69) is 4.98 Å². The summed E-state index contributed by atoms with van der Waals surface area (Å²) in [6.07, 6.45) is 1.50. The average molecular weight is 187 g/mol. The molecular weight excluding hydrogens is 178 g/mol. The summed E-state index contributed by atoms with van der Waals surface area (Å²) < 4.78 is 1.35. The number of nitrogens with zero attached hydrogens (tertiary/aromatic N) is 3. The molecule has 13 heavy (non-hydrogen) atoms. The van der Waals surface area contributed by atoms with Crippen LogP contribution in [0.2, 0.25) is 0 Å². The predicted molar refractivity (Wildman–Crippen MR) is 42.0 cm³/mol. The van der Waals surface area contributed by atoms with Crippen molar-refractivity contribution in [3.05, 3.63) is 22.6 Å². The van der Waals surface area contributed by atoms with Gasteiger partial charge in [-0.2, -0.15) is 0 Å². The first-order chi connectivity index (χ1) is 6.13. The van der Waals surface area contributed by atoms with E-state index in [0.717, 1.165) is 0 Å². The van der Waals surface area contributed by atoms with Gasteiger partial charge in [-0.1, -0.05) is 0 Å². The molecule has 0 spiro atoms. The SMILES string of the molecule is O=[N+]([O-])c1cn(C[C@@H](O)CO)cn1. The molecule has 7 heteroatoms. The highest BCUT2D eigenvalue weighted by molar-refractivity contribution is 5.12. The number of imidazole rings is 1. The van der Waals surface area contributed by atoms with E-state index < -0.39 is 11.0 Å². The second-order valence-corrected chi connectivity index (χ2v) is 2.52. The zero-order valence-corrected chi connectivity index (χ0v) is 6.70. The van der Waals surface area contributed by atoms with Crippen LogP contribution >= 0.6 is 0 Å². The van der Waals surface area contributed by atoms with Gasteiger partial charge in [0.2, 0.25) is 6.33 Å². The quantitative estimate of drug-likeness (QED) is 0.472. The minimum atomic E-state index is -0.922. The van der Waals surface area contributed by atoms with Crippen molar-refractivity contribution in [2.45, 2.75) is 12.6 Å². The third-order valence-electron chi connectivity index (χ3n) is 1.44. The molecule has 0 fully saturated rings. The Morgan fingerprint density at radius 3 is 2.92 bits per heavy atom. The third kappa shape index (κ3) is 2.49. The maximum atomic E-state index is 10.2. The predicted octanol–water partition coefficient (Wildman–Crippen LogP) is -0.856. The van der Waals surface area contributed by atoms with Gasteiger partial charge >= 0.3 is 5.82 Å². The number of aliphatic hydroxyl groups is 2. The molecule has 2 N–H and O–H groups in total. The normalized spacial score (nSPS) is 12.8. The molecule has 0 unspecified atom stereocenters. The van der Waals surface area contributed by atoms with Gasteiger partial charge in [-0.15, -0.1) is 0 Å². The molecule has 0 amide bonds. The first-order valence-corrected chi connectivity index (χ1v) is 3.58. The summed E-state index contributed by atoms with van der Waals surface area (Å²) in [5, 5.41) is 27.7. The summed E-state index contributed by atoms with van der Waals surface area (Å²) >= 11 is 0. The molecule has 0 aliphatic carbocycles. The van der Waals surface area contributed by atoms with E-state index >= 15 is 0 Å².